The van der Waals surface area contributed by atoms with Crippen molar-refractivity contribution >= 4 is 48.4 Å². The van der Waals surface area contributed by atoms with Crippen molar-refractivity contribution in [1.29, 1.82) is 0 Å². The van der Waals surface area contributed by atoms with Crippen LogP contribution in [0.2, 0.25) is 0 Å². The molecule has 0 radical (unpaired) electrons. The van der Waals surface area contributed by atoms with Gasteiger partial charge in [-0.05, 0) is 43.6 Å². The van der Waals surface area contributed by atoms with Crippen molar-refractivity contribution in [2.24, 2.45) is 0 Å². The van der Waals surface area contributed by atoms with Gasteiger partial charge in [-0.3, -0.25) is 15.5 Å². The molecule has 0 aromatic carbocycles. The molecule has 1 aliphatic rings. The summed E-state index contributed by atoms with van der Waals surface area (Å²) < 4.78 is 5.62. The van der Waals surface area contributed by atoms with Gasteiger partial charge in [0.2, 0.25) is 0 Å². The first kappa shape index (κ1) is 19.6. The number of thiol groups is 1. The Kier molecular flexibility index (Phi) is 8.79. The number of hydrogen-bond donors (Lipinski definition) is 6. The van der Waals surface area contributed by atoms with Crippen LogP contribution in [0.25, 0.3) is 0 Å². The Morgan fingerprint density at radius 3 is 2.26 bits per heavy atom. The lowest BCUT2D eigenvalue weighted by molar-refractivity contribution is 0.393. The van der Waals surface area contributed by atoms with Crippen LogP contribution in [0.5, 0.6) is 0 Å². The first-order chi connectivity index (χ1) is 11.0. The number of hydrogen-bond acceptors (Lipinski definition) is 10. The minimum atomic E-state index is -0.402. The quantitative estimate of drug-likeness (QED) is 0.262. The lowest BCUT2D eigenvalue weighted by Crippen LogP contribution is -2.48. The van der Waals surface area contributed by atoms with Gasteiger partial charge in [0, 0.05) is 24.2 Å². The standard InChI is InChI=1S/C7H13N3S.C2H2N2O.C2H2N2S3/c1-8-6-3-4-7(11,9-2)10-5-6;1-2-5-4-3-1;5-1-3-4-2(6)7-1/h3-5,8-11H,1-2H3;1-2H;(H,3,5)(H,4,6). The summed E-state index contributed by atoms with van der Waals surface area (Å²) in [6.07, 6.45) is 8.67. The summed E-state index contributed by atoms with van der Waals surface area (Å²) >= 11 is 15.1. The number of dihydropyridines is 1. The Hall–Kier alpha value is -1.47. The maximum Gasteiger partial charge on any atom is 0.175 e. The molecule has 0 bridgehead atoms. The van der Waals surface area contributed by atoms with Gasteiger partial charge in [0.15, 0.2) is 12.9 Å². The Morgan fingerprint density at radius 1 is 1.30 bits per heavy atom. The van der Waals surface area contributed by atoms with Gasteiger partial charge < -0.3 is 15.2 Å². The Morgan fingerprint density at radius 2 is 2.00 bits per heavy atom. The van der Waals surface area contributed by atoms with Crippen molar-refractivity contribution < 1.29 is 4.52 Å². The first-order valence-corrected chi connectivity index (χ1v) is 8.32. The molecule has 126 valence electrons. The van der Waals surface area contributed by atoms with E-state index in [1.165, 1.54) is 23.8 Å². The van der Waals surface area contributed by atoms with Crippen LogP contribution in [0.3, 0.4) is 0 Å². The minimum Gasteiger partial charge on any atom is -0.387 e. The first-order valence-electron chi connectivity index (χ1n) is 6.24. The van der Waals surface area contributed by atoms with Gasteiger partial charge in [-0.1, -0.05) is 11.3 Å². The summed E-state index contributed by atoms with van der Waals surface area (Å²) in [5.41, 5.74) is 1.05. The highest BCUT2D eigenvalue weighted by molar-refractivity contribution is 7.81. The average molecular weight is 392 g/mol. The average Bonchev–Trinajstić information content (AvgIpc) is 3.24. The van der Waals surface area contributed by atoms with Crippen LogP contribution in [0.15, 0.2) is 41.0 Å². The predicted octanol–water partition coefficient (Wildman–Crippen LogP) is 1.94. The Bertz CT molecular complexity index is 675. The second-order valence-electron chi connectivity index (χ2n) is 3.86. The zero-order valence-corrected chi connectivity index (χ0v) is 15.7. The molecule has 1 unspecified atom stereocenters. The zero-order valence-electron chi connectivity index (χ0n) is 12.4. The summed E-state index contributed by atoms with van der Waals surface area (Å²) in [5, 5.41) is 20.9. The van der Waals surface area contributed by atoms with Gasteiger partial charge in [0.05, 0.1) is 6.20 Å². The van der Waals surface area contributed by atoms with Crippen molar-refractivity contribution in [2.45, 2.75) is 4.99 Å². The van der Waals surface area contributed by atoms with E-state index in [1.807, 2.05) is 32.4 Å². The molecule has 0 saturated heterocycles. The van der Waals surface area contributed by atoms with Gasteiger partial charge in [-0.15, -0.1) is 17.7 Å². The number of nitrogens with one attached hydrogen (secondary N) is 5. The largest absolute Gasteiger partial charge is 0.387 e. The third-order valence-electron chi connectivity index (χ3n) is 2.36. The van der Waals surface area contributed by atoms with Crippen LogP contribution in [-0.4, -0.2) is 39.7 Å². The molecule has 23 heavy (non-hydrogen) atoms. The van der Waals surface area contributed by atoms with E-state index < -0.39 is 4.99 Å². The van der Waals surface area contributed by atoms with E-state index in [1.54, 1.807) is 0 Å². The van der Waals surface area contributed by atoms with Gasteiger partial charge in [-0.25, -0.2) is 0 Å². The molecular weight excluding hydrogens is 374 g/mol. The lowest BCUT2D eigenvalue weighted by atomic mass is 10.3. The highest BCUT2D eigenvalue weighted by Gasteiger charge is 2.19. The minimum absolute atomic E-state index is 0.402. The summed E-state index contributed by atoms with van der Waals surface area (Å²) in [4.78, 5) is -0.402. The number of rotatable bonds is 2. The third kappa shape index (κ3) is 8.08. The smallest absolute Gasteiger partial charge is 0.175 e. The second kappa shape index (κ2) is 10.3. The van der Waals surface area contributed by atoms with Crippen LogP contribution >= 0.6 is 48.4 Å². The maximum absolute atomic E-state index is 4.70. The lowest BCUT2D eigenvalue weighted by Gasteiger charge is -2.28. The third-order valence-corrected chi connectivity index (χ3v) is 4.14. The highest BCUT2D eigenvalue weighted by atomic mass is 32.2. The molecular formula is C11H17N7OS4. The van der Waals surface area contributed by atoms with Gasteiger partial charge >= 0.3 is 0 Å². The highest BCUT2D eigenvalue weighted by Crippen LogP contribution is 2.12. The molecule has 1 atom stereocenters. The molecule has 0 fully saturated rings. The van der Waals surface area contributed by atoms with E-state index in [9.17, 15) is 0 Å². The van der Waals surface area contributed by atoms with Crippen LogP contribution < -0.4 is 16.0 Å². The van der Waals surface area contributed by atoms with Crippen LogP contribution in [0.1, 0.15) is 0 Å². The molecule has 0 spiro atoms. The van der Waals surface area contributed by atoms with E-state index in [0.717, 1.165) is 5.70 Å². The number of allylic oxidation sites excluding steroid dienone is 1. The zero-order chi connectivity index (χ0) is 17.1. The van der Waals surface area contributed by atoms with E-state index >= 15 is 0 Å². The molecule has 12 heteroatoms. The number of H-pyrrole nitrogens is 2. The van der Waals surface area contributed by atoms with Crippen molar-refractivity contribution in [1.82, 2.24) is 36.5 Å². The molecule has 0 aliphatic carbocycles. The van der Waals surface area contributed by atoms with Crippen molar-refractivity contribution in [3.63, 3.8) is 0 Å². The Balaban J connectivity index is 0.000000188. The van der Waals surface area contributed by atoms with Crippen molar-refractivity contribution in [3.8, 4) is 0 Å². The molecule has 2 aromatic rings. The normalized spacial score (nSPS) is 18.5. The number of nitrogens with zero attached hydrogens (tertiary/aromatic N) is 2. The molecule has 1 aliphatic heterocycles. The molecule has 8 nitrogen and oxygen atoms in total. The SMILES string of the molecule is CNC1=CNC(S)(NC)C=C1.S=c1[nH][nH]c(=S)s1.c1conn1. The molecule has 3 rings (SSSR count). The summed E-state index contributed by atoms with van der Waals surface area (Å²) in [7, 11) is 3.73. The fraction of sp³-hybridized carbons (Fsp3) is 0.273. The van der Waals surface area contributed by atoms with Crippen molar-refractivity contribution in [2.75, 3.05) is 14.1 Å². The van der Waals surface area contributed by atoms with Gasteiger partial charge in [0.25, 0.3) is 0 Å². The molecule has 2 aromatic heterocycles. The molecule has 5 N–H and O–H groups in total. The van der Waals surface area contributed by atoms with Crippen LogP contribution in [0, 0.1) is 7.91 Å². The Labute approximate surface area is 152 Å². The fourth-order valence-electron chi connectivity index (χ4n) is 1.18. The summed E-state index contributed by atoms with van der Waals surface area (Å²) in [5.74, 6) is 0. The van der Waals surface area contributed by atoms with E-state index in [0.29, 0.717) is 7.91 Å². The monoisotopic (exact) mass is 391 g/mol. The fourth-order valence-corrected chi connectivity index (χ4v) is 2.45. The van der Waals surface area contributed by atoms with Gasteiger partial charge in [0.1, 0.15) is 6.26 Å². The summed E-state index contributed by atoms with van der Waals surface area (Å²) in [6.45, 7) is 0. The second-order valence-corrected chi connectivity index (χ2v) is 6.92. The number of aromatic nitrogens is 4. The van der Waals surface area contributed by atoms with E-state index in [2.05, 4.69) is 53.7 Å². The van der Waals surface area contributed by atoms with Gasteiger partial charge in [-0.2, -0.15) is 0 Å². The molecule has 0 saturated carbocycles. The topological polar surface area (TPSA) is 107 Å². The number of aromatic amines is 2. The number of likely N-dealkylation sites (N-methyl/N-ethyl adjacent to an activating group) is 2. The molecule has 3 heterocycles. The van der Waals surface area contributed by atoms with E-state index in [-0.39, 0.29) is 0 Å². The van der Waals surface area contributed by atoms with Crippen LogP contribution in [0.4, 0.5) is 0 Å². The molecule has 0 amide bonds. The van der Waals surface area contributed by atoms with Crippen molar-refractivity contribution in [3.05, 3.63) is 44.4 Å². The predicted molar refractivity (Wildman–Crippen MR) is 99.2 cm³/mol. The summed E-state index contributed by atoms with van der Waals surface area (Å²) in [6, 6.07) is 0. The van der Waals surface area contributed by atoms with Crippen LogP contribution in [-0.2, 0) is 0 Å². The maximum atomic E-state index is 4.70. The van der Waals surface area contributed by atoms with E-state index in [4.69, 9.17) is 24.4 Å².